The van der Waals surface area contributed by atoms with Gasteiger partial charge in [-0.25, -0.2) is 0 Å². The highest BCUT2D eigenvalue weighted by molar-refractivity contribution is 5.48. The molecule has 2 nitrogen and oxygen atoms in total. The fourth-order valence-corrected chi connectivity index (χ4v) is 1.59. The summed E-state index contributed by atoms with van der Waals surface area (Å²) >= 11 is 0. The Morgan fingerprint density at radius 2 is 1.93 bits per heavy atom. The topological polar surface area (TPSA) is 29.3 Å². The van der Waals surface area contributed by atoms with Crippen LogP contribution in [0.15, 0.2) is 24.3 Å². The Morgan fingerprint density at radius 1 is 1.29 bits per heavy atom. The first kappa shape index (κ1) is 11.1. The molecule has 0 bridgehead atoms. The van der Waals surface area contributed by atoms with Crippen LogP contribution >= 0.6 is 0 Å². The smallest absolute Gasteiger partial charge is 0.0369 e. The summed E-state index contributed by atoms with van der Waals surface area (Å²) in [5.74, 6) is 0. The Hall–Kier alpha value is -1.02. The monoisotopic (exact) mass is 192 g/mol. The van der Waals surface area contributed by atoms with Crippen molar-refractivity contribution in [3.63, 3.8) is 0 Å². The zero-order valence-electron chi connectivity index (χ0n) is 9.33. The Morgan fingerprint density at radius 3 is 2.43 bits per heavy atom. The second kappa shape index (κ2) is 5.01. The second-order valence-electron chi connectivity index (χ2n) is 3.56. The van der Waals surface area contributed by atoms with E-state index in [4.69, 9.17) is 5.73 Å². The van der Waals surface area contributed by atoms with Gasteiger partial charge in [-0.1, -0.05) is 12.1 Å². The number of hydrogen-bond donors (Lipinski definition) is 1. The SMILES string of the molecule is CCN(CC)c1cccc(C(C)N)c1. The number of anilines is 1. The molecular formula is C12H20N2. The van der Waals surface area contributed by atoms with Gasteiger partial charge in [0.15, 0.2) is 0 Å². The molecule has 0 heterocycles. The van der Waals surface area contributed by atoms with Crippen molar-refractivity contribution in [3.05, 3.63) is 29.8 Å². The molecule has 0 saturated carbocycles. The Labute approximate surface area is 86.7 Å². The number of nitrogens with two attached hydrogens (primary N) is 1. The summed E-state index contributed by atoms with van der Waals surface area (Å²) in [4.78, 5) is 2.33. The first-order valence-corrected chi connectivity index (χ1v) is 5.29. The lowest BCUT2D eigenvalue weighted by atomic mass is 10.1. The van der Waals surface area contributed by atoms with Gasteiger partial charge in [0.1, 0.15) is 0 Å². The van der Waals surface area contributed by atoms with Gasteiger partial charge in [0.05, 0.1) is 0 Å². The molecule has 0 fully saturated rings. The van der Waals surface area contributed by atoms with Gasteiger partial charge in [-0.3, -0.25) is 0 Å². The molecule has 1 atom stereocenters. The fourth-order valence-electron chi connectivity index (χ4n) is 1.59. The maximum atomic E-state index is 5.85. The van der Waals surface area contributed by atoms with Crippen LogP contribution in [-0.4, -0.2) is 13.1 Å². The summed E-state index contributed by atoms with van der Waals surface area (Å²) in [5, 5.41) is 0. The lowest BCUT2D eigenvalue weighted by Crippen LogP contribution is -2.22. The molecule has 2 heteroatoms. The predicted octanol–water partition coefficient (Wildman–Crippen LogP) is 2.55. The molecule has 0 spiro atoms. The van der Waals surface area contributed by atoms with Crippen LogP contribution in [0.2, 0.25) is 0 Å². The van der Waals surface area contributed by atoms with Gasteiger partial charge < -0.3 is 10.6 Å². The van der Waals surface area contributed by atoms with Crippen LogP contribution in [0, 0.1) is 0 Å². The fraction of sp³-hybridized carbons (Fsp3) is 0.500. The van der Waals surface area contributed by atoms with Gasteiger partial charge in [0, 0.05) is 24.8 Å². The van der Waals surface area contributed by atoms with E-state index < -0.39 is 0 Å². The van der Waals surface area contributed by atoms with E-state index in [1.54, 1.807) is 0 Å². The van der Waals surface area contributed by atoms with E-state index >= 15 is 0 Å². The average molecular weight is 192 g/mol. The van der Waals surface area contributed by atoms with Crippen molar-refractivity contribution in [3.8, 4) is 0 Å². The van der Waals surface area contributed by atoms with Gasteiger partial charge in [-0.05, 0) is 38.5 Å². The van der Waals surface area contributed by atoms with Crippen LogP contribution in [0.25, 0.3) is 0 Å². The van der Waals surface area contributed by atoms with Gasteiger partial charge in [-0.2, -0.15) is 0 Å². The van der Waals surface area contributed by atoms with E-state index in [2.05, 4.69) is 43.0 Å². The van der Waals surface area contributed by atoms with Crippen LogP contribution in [0.4, 0.5) is 5.69 Å². The highest BCUT2D eigenvalue weighted by Gasteiger charge is 2.04. The standard InChI is InChI=1S/C12H20N2/c1-4-14(5-2)12-8-6-7-11(9-12)10(3)13/h6-10H,4-5,13H2,1-3H3. The summed E-state index contributed by atoms with van der Waals surface area (Å²) in [6.07, 6.45) is 0. The van der Waals surface area contributed by atoms with Crippen molar-refractivity contribution < 1.29 is 0 Å². The molecule has 0 amide bonds. The normalized spacial score (nSPS) is 12.6. The Kier molecular flexibility index (Phi) is 3.96. The zero-order valence-corrected chi connectivity index (χ0v) is 9.33. The molecule has 1 aromatic carbocycles. The van der Waals surface area contributed by atoms with Crippen molar-refractivity contribution in [2.75, 3.05) is 18.0 Å². The van der Waals surface area contributed by atoms with Crippen LogP contribution < -0.4 is 10.6 Å². The second-order valence-corrected chi connectivity index (χ2v) is 3.56. The summed E-state index contributed by atoms with van der Waals surface area (Å²) < 4.78 is 0. The molecular weight excluding hydrogens is 172 g/mol. The number of rotatable bonds is 4. The van der Waals surface area contributed by atoms with Crippen molar-refractivity contribution in [2.24, 2.45) is 5.73 Å². The number of nitrogens with zero attached hydrogens (tertiary/aromatic N) is 1. The first-order chi connectivity index (χ1) is 6.69. The van der Waals surface area contributed by atoms with Crippen molar-refractivity contribution in [2.45, 2.75) is 26.8 Å². The lowest BCUT2D eigenvalue weighted by molar-refractivity contribution is 0.811. The maximum absolute atomic E-state index is 5.85. The van der Waals surface area contributed by atoms with E-state index in [1.165, 1.54) is 11.3 Å². The molecule has 1 unspecified atom stereocenters. The van der Waals surface area contributed by atoms with Crippen molar-refractivity contribution in [1.29, 1.82) is 0 Å². The van der Waals surface area contributed by atoms with Crippen LogP contribution in [0.1, 0.15) is 32.4 Å². The van der Waals surface area contributed by atoms with Gasteiger partial charge >= 0.3 is 0 Å². The molecule has 14 heavy (non-hydrogen) atoms. The summed E-state index contributed by atoms with van der Waals surface area (Å²) in [5.41, 5.74) is 8.32. The van der Waals surface area contributed by atoms with Crippen LogP contribution in [0.5, 0.6) is 0 Å². The zero-order chi connectivity index (χ0) is 10.6. The average Bonchev–Trinajstić information content (AvgIpc) is 2.20. The van der Waals surface area contributed by atoms with Gasteiger partial charge in [0.25, 0.3) is 0 Å². The van der Waals surface area contributed by atoms with E-state index in [1.807, 2.05) is 6.92 Å². The van der Waals surface area contributed by atoms with Crippen LogP contribution in [0.3, 0.4) is 0 Å². The molecule has 0 saturated heterocycles. The first-order valence-electron chi connectivity index (χ1n) is 5.29. The molecule has 0 aliphatic rings. The largest absolute Gasteiger partial charge is 0.372 e. The molecule has 0 aliphatic carbocycles. The highest BCUT2D eigenvalue weighted by Crippen LogP contribution is 2.19. The third-order valence-corrected chi connectivity index (χ3v) is 2.52. The minimum Gasteiger partial charge on any atom is -0.372 e. The molecule has 78 valence electrons. The molecule has 1 rings (SSSR count). The molecule has 2 N–H and O–H groups in total. The summed E-state index contributed by atoms with van der Waals surface area (Å²) in [6.45, 7) is 8.43. The quantitative estimate of drug-likeness (QED) is 0.794. The minimum absolute atomic E-state index is 0.116. The van der Waals surface area contributed by atoms with Crippen molar-refractivity contribution in [1.82, 2.24) is 0 Å². The minimum atomic E-state index is 0.116. The molecule has 0 aromatic heterocycles. The Balaban J connectivity index is 2.92. The van der Waals surface area contributed by atoms with Crippen molar-refractivity contribution >= 4 is 5.69 Å². The number of hydrogen-bond acceptors (Lipinski definition) is 2. The third kappa shape index (κ3) is 2.48. The molecule has 0 radical (unpaired) electrons. The lowest BCUT2D eigenvalue weighted by Gasteiger charge is -2.22. The Bertz CT molecular complexity index is 277. The summed E-state index contributed by atoms with van der Waals surface area (Å²) in [6, 6.07) is 8.59. The highest BCUT2D eigenvalue weighted by atomic mass is 15.1. The van der Waals surface area contributed by atoms with E-state index in [-0.39, 0.29) is 6.04 Å². The molecule has 0 aliphatic heterocycles. The number of benzene rings is 1. The van der Waals surface area contributed by atoms with E-state index in [0.717, 1.165) is 13.1 Å². The van der Waals surface area contributed by atoms with Crippen LogP contribution in [-0.2, 0) is 0 Å². The van der Waals surface area contributed by atoms with E-state index in [9.17, 15) is 0 Å². The maximum Gasteiger partial charge on any atom is 0.0369 e. The van der Waals surface area contributed by atoms with Gasteiger partial charge in [-0.15, -0.1) is 0 Å². The van der Waals surface area contributed by atoms with Gasteiger partial charge in [0.2, 0.25) is 0 Å². The molecule has 1 aromatic rings. The third-order valence-electron chi connectivity index (χ3n) is 2.52. The summed E-state index contributed by atoms with van der Waals surface area (Å²) in [7, 11) is 0. The predicted molar refractivity (Wildman–Crippen MR) is 62.6 cm³/mol. The van der Waals surface area contributed by atoms with E-state index in [0.29, 0.717) is 0 Å².